The van der Waals surface area contributed by atoms with Crippen molar-refractivity contribution in [2.75, 3.05) is 7.11 Å². The van der Waals surface area contributed by atoms with E-state index >= 15 is 0 Å². The maximum atomic E-state index is 12.9. The van der Waals surface area contributed by atoms with E-state index in [1.165, 1.54) is 4.57 Å². The van der Waals surface area contributed by atoms with Crippen LogP contribution in [0.15, 0.2) is 48.5 Å². The van der Waals surface area contributed by atoms with Crippen molar-refractivity contribution in [1.82, 2.24) is 4.57 Å². The van der Waals surface area contributed by atoms with Gasteiger partial charge in [0.15, 0.2) is 0 Å². The second-order valence-corrected chi connectivity index (χ2v) is 6.96. The van der Waals surface area contributed by atoms with E-state index in [0.717, 1.165) is 16.7 Å². The second-order valence-electron chi connectivity index (χ2n) is 6.96. The minimum absolute atomic E-state index is 0.478. The number of aromatic nitrogens is 1. The number of benzene rings is 2. The van der Waals surface area contributed by atoms with Crippen LogP contribution in [0.2, 0.25) is 0 Å². The van der Waals surface area contributed by atoms with Gasteiger partial charge in [0.2, 0.25) is 0 Å². The molecular formula is C21H20N2O3. The molecule has 0 aliphatic rings. The quantitative estimate of drug-likeness (QED) is 0.656. The molecule has 5 nitrogen and oxygen atoms in total. The van der Waals surface area contributed by atoms with Crippen LogP contribution in [0.5, 0.6) is 5.75 Å². The fraction of sp³-hybridized carbons (Fsp3) is 0.238. The van der Waals surface area contributed by atoms with Gasteiger partial charge in [0, 0.05) is 5.39 Å². The Balaban J connectivity index is 2.22. The molecule has 3 aromatic rings. The standard InChI is InChI=1S/C21H20N2O3/c1-21(2,3)26-20(24)23-18-11-14(13-22)5-6-16(18)12-19(23)15-7-9-17(25-4)10-8-15/h5-12H,1-4H3. The van der Waals surface area contributed by atoms with E-state index in [1.807, 2.05) is 57.2 Å². The normalized spacial score (nSPS) is 11.2. The molecule has 0 N–H and O–H groups in total. The molecule has 1 heterocycles. The molecule has 0 aliphatic carbocycles. The molecule has 0 bridgehead atoms. The summed E-state index contributed by atoms with van der Waals surface area (Å²) in [5.41, 5.74) is 2.06. The van der Waals surface area contributed by atoms with Crippen molar-refractivity contribution in [3.8, 4) is 23.1 Å². The fourth-order valence-corrected chi connectivity index (χ4v) is 2.75. The molecule has 1 aromatic heterocycles. The van der Waals surface area contributed by atoms with Gasteiger partial charge in [0.1, 0.15) is 11.4 Å². The van der Waals surface area contributed by atoms with Gasteiger partial charge in [-0.25, -0.2) is 9.36 Å². The predicted molar refractivity (Wildman–Crippen MR) is 100 cm³/mol. The Kier molecular flexibility index (Phi) is 4.43. The van der Waals surface area contributed by atoms with Crippen LogP contribution < -0.4 is 4.74 Å². The summed E-state index contributed by atoms with van der Waals surface area (Å²) in [6.45, 7) is 5.47. The Hall–Kier alpha value is -3.26. The van der Waals surface area contributed by atoms with Crippen molar-refractivity contribution in [3.63, 3.8) is 0 Å². The topological polar surface area (TPSA) is 64.2 Å². The lowest BCUT2D eigenvalue weighted by Gasteiger charge is -2.21. The van der Waals surface area contributed by atoms with Gasteiger partial charge in [0.05, 0.1) is 30.0 Å². The van der Waals surface area contributed by atoms with Crippen molar-refractivity contribution in [3.05, 3.63) is 54.1 Å². The summed E-state index contributed by atoms with van der Waals surface area (Å²) in [6.07, 6.45) is -0.478. The molecule has 0 amide bonds. The molecule has 0 radical (unpaired) electrons. The molecule has 0 saturated heterocycles. The summed E-state index contributed by atoms with van der Waals surface area (Å²) in [7, 11) is 1.61. The second kappa shape index (κ2) is 6.57. The van der Waals surface area contributed by atoms with Crippen LogP contribution in [0.3, 0.4) is 0 Å². The molecule has 0 atom stereocenters. The summed E-state index contributed by atoms with van der Waals surface area (Å²) in [5, 5.41) is 10.1. The lowest BCUT2D eigenvalue weighted by molar-refractivity contribution is 0.0547. The zero-order valence-electron chi connectivity index (χ0n) is 15.2. The van der Waals surface area contributed by atoms with Crippen LogP contribution in [0, 0.1) is 11.3 Å². The van der Waals surface area contributed by atoms with E-state index in [9.17, 15) is 10.1 Å². The van der Waals surface area contributed by atoms with Gasteiger partial charge in [-0.3, -0.25) is 0 Å². The Morgan fingerprint density at radius 2 is 1.77 bits per heavy atom. The Morgan fingerprint density at radius 1 is 1.08 bits per heavy atom. The molecular weight excluding hydrogens is 328 g/mol. The van der Waals surface area contributed by atoms with Crippen molar-refractivity contribution >= 4 is 17.0 Å². The molecule has 2 aromatic carbocycles. The summed E-state index contributed by atoms with van der Waals surface area (Å²) in [6, 6.07) is 16.8. The smallest absolute Gasteiger partial charge is 0.419 e. The van der Waals surface area contributed by atoms with E-state index in [-0.39, 0.29) is 0 Å². The number of ether oxygens (including phenoxy) is 2. The van der Waals surface area contributed by atoms with Crippen LogP contribution in [-0.2, 0) is 4.74 Å². The highest BCUT2D eigenvalue weighted by atomic mass is 16.6. The number of hydrogen-bond donors (Lipinski definition) is 0. The first-order valence-corrected chi connectivity index (χ1v) is 8.26. The first kappa shape index (κ1) is 17.6. The van der Waals surface area contributed by atoms with Gasteiger partial charge < -0.3 is 9.47 Å². The summed E-state index contributed by atoms with van der Waals surface area (Å²) in [4.78, 5) is 12.9. The van der Waals surface area contributed by atoms with Crippen LogP contribution in [0.4, 0.5) is 4.79 Å². The molecule has 3 rings (SSSR count). The van der Waals surface area contributed by atoms with Gasteiger partial charge in [0.25, 0.3) is 0 Å². The Labute approximate surface area is 152 Å². The monoisotopic (exact) mass is 348 g/mol. The van der Waals surface area contributed by atoms with Gasteiger partial charge >= 0.3 is 6.09 Å². The largest absolute Gasteiger partial charge is 0.497 e. The Morgan fingerprint density at radius 3 is 2.35 bits per heavy atom. The molecule has 132 valence electrons. The number of carbonyl (C=O) groups excluding carboxylic acids is 1. The van der Waals surface area contributed by atoms with Gasteiger partial charge in [-0.2, -0.15) is 5.26 Å². The lowest BCUT2D eigenvalue weighted by Crippen LogP contribution is -2.27. The molecule has 0 saturated carbocycles. The van der Waals surface area contributed by atoms with E-state index in [1.54, 1.807) is 19.2 Å². The van der Waals surface area contributed by atoms with Crippen LogP contribution >= 0.6 is 0 Å². The van der Waals surface area contributed by atoms with Crippen molar-refractivity contribution in [2.24, 2.45) is 0 Å². The average Bonchev–Trinajstić information content (AvgIpc) is 2.98. The zero-order chi connectivity index (χ0) is 18.9. The number of fused-ring (bicyclic) bond motifs is 1. The average molecular weight is 348 g/mol. The van der Waals surface area contributed by atoms with Crippen LogP contribution in [0.1, 0.15) is 26.3 Å². The summed E-state index contributed by atoms with van der Waals surface area (Å²) < 4.78 is 12.3. The maximum Gasteiger partial charge on any atom is 0.419 e. The first-order valence-electron chi connectivity index (χ1n) is 8.26. The number of hydrogen-bond acceptors (Lipinski definition) is 4. The highest BCUT2D eigenvalue weighted by Gasteiger charge is 2.23. The van der Waals surface area contributed by atoms with Gasteiger partial charge in [-0.05, 0) is 68.8 Å². The number of methoxy groups -OCH3 is 1. The molecule has 0 spiro atoms. The molecule has 0 unspecified atom stereocenters. The number of rotatable bonds is 2. The van der Waals surface area contributed by atoms with E-state index in [4.69, 9.17) is 9.47 Å². The van der Waals surface area contributed by atoms with Crippen molar-refractivity contribution in [2.45, 2.75) is 26.4 Å². The minimum Gasteiger partial charge on any atom is -0.497 e. The van der Waals surface area contributed by atoms with Gasteiger partial charge in [-0.15, -0.1) is 0 Å². The third-order valence-electron chi connectivity index (χ3n) is 3.90. The molecule has 0 fully saturated rings. The van der Waals surface area contributed by atoms with Crippen LogP contribution in [0.25, 0.3) is 22.2 Å². The molecule has 26 heavy (non-hydrogen) atoms. The van der Waals surface area contributed by atoms with Crippen molar-refractivity contribution < 1.29 is 14.3 Å². The minimum atomic E-state index is -0.627. The number of carbonyl (C=O) groups is 1. The van der Waals surface area contributed by atoms with Crippen LogP contribution in [-0.4, -0.2) is 23.4 Å². The fourth-order valence-electron chi connectivity index (χ4n) is 2.75. The third-order valence-corrected chi connectivity index (χ3v) is 3.90. The van der Waals surface area contributed by atoms with E-state index in [0.29, 0.717) is 16.8 Å². The lowest BCUT2D eigenvalue weighted by atomic mass is 10.1. The third kappa shape index (κ3) is 3.40. The highest BCUT2D eigenvalue weighted by Crippen LogP contribution is 2.31. The van der Waals surface area contributed by atoms with E-state index < -0.39 is 11.7 Å². The molecule has 5 heteroatoms. The zero-order valence-corrected chi connectivity index (χ0v) is 15.2. The SMILES string of the molecule is COc1ccc(-c2cc3ccc(C#N)cc3n2C(=O)OC(C)(C)C)cc1. The maximum absolute atomic E-state index is 12.9. The highest BCUT2D eigenvalue weighted by molar-refractivity contribution is 5.96. The first-order chi connectivity index (χ1) is 12.3. The number of nitriles is 1. The predicted octanol–water partition coefficient (Wildman–Crippen LogP) is 4.97. The summed E-state index contributed by atoms with van der Waals surface area (Å²) in [5.74, 6) is 0.737. The Bertz CT molecular complexity index is 1000. The number of nitrogens with zero attached hydrogens (tertiary/aromatic N) is 2. The summed E-state index contributed by atoms with van der Waals surface area (Å²) >= 11 is 0. The van der Waals surface area contributed by atoms with Gasteiger partial charge in [-0.1, -0.05) is 6.07 Å². The van der Waals surface area contributed by atoms with Crippen molar-refractivity contribution in [1.29, 1.82) is 5.26 Å². The molecule has 0 aliphatic heterocycles. The van der Waals surface area contributed by atoms with E-state index in [2.05, 4.69) is 6.07 Å².